The number of benzene rings is 1. The number of rotatable bonds is 1. The van der Waals surface area contributed by atoms with Crippen LogP contribution in [0.25, 0.3) is 0 Å². The molecule has 1 aromatic rings. The van der Waals surface area contributed by atoms with Gasteiger partial charge in [0.05, 0.1) is 0 Å². The smallest absolute Gasteiger partial charge is 0.0178 e. The van der Waals surface area contributed by atoms with E-state index < -0.39 is 0 Å². The standard InChI is InChI=1S/C9H11Br.11H3N/c1-7(2)8-4-3-5-9(10)6-8;;;;;;;;;;;/h3-7H,1-2H3;11*1H3. The van der Waals surface area contributed by atoms with Gasteiger partial charge in [-0.2, -0.15) is 0 Å². The maximum atomic E-state index is 3.43. The third kappa shape index (κ3) is 32.6. The van der Waals surface area contributed by atoms with E-state index in [-0.39, 0.29) is 67.7 Å². The minimum absolute atomic E-state index is 0. The number of hydrogen-bond acceptors (Lipinski definition) is 11. The lowest BCUT2D eigenvalue weighted by molar-refractivity contribution is 0.866. The second-order valence-corrected chi connectivity index (χ2v) is 3.63. The molecule has 0 bridgehead atoms. The van der Waals surface area contributed by atoms with E-state index in [1.165, 1.54) is 10.0 Å². The van der Waals surface area contributed by atoms with Gasteiger partial charge in [-0.15, -0.1) is 0 Å². The van der Waals surface area contributed by atoms with Crippen molar-refractivity contribution in [3.05, 3.63) is 34.3 Å². The molecule has 0 aliphatic heterocycles. The summed E-state index contributed by atoms with van der Waals surface area (Å²) in [6.07, 6.45) is 0. The summed E-state index contributed by atoms with van der Waals surface area (Å²) in [5, 5.41) is 0. The van der Waals surface area contributed by atoms with Crippen molar-refractivity contribution in [3.8, 4) is 0 Å². The summed E-state index contributed by atoms with van der Waals surface area (Å²) in [5.41, 5.74) is 1.38. The predicted octanol–water partition coefficient (Wildman–Crippen LogP) is 5.35. The maximum absolute atomic E-state index is 3.43. The minimum Gasteiger partial charge on any atom is -0.344 e. The van der Waals surface area contributed by atoms with Crippen molar-refractivity contribution in [1.82, 2.24) is 67.7 Å². The van der Waals surface area contributed by atoms with Crippen molar-refractivity contribution in [2.45, 2.75) is 19.8 Å². The van der Waals surface area contributed by atoms with Gasteiger partial charge in [-0.25, -0.2) is 0 Å². The van der Waals surface area contributed by atoms with Crippen molar-refractivity contribution in [3.63, 3.8) is 0 Å². The fourth-order valence-electron chi connectivity index (χ4n) is 0.866. The van der Waals surface area contributed by atoms with Gasteiger partial charge >= 0.3 is 0 Å². The van der Waals surface area contributed by atoms with Gasteiger partial charge in [0.1, 0.15) is 0 Å². The van der Waals surface area contributed by atoms with Crippen LogP contribution in [0.15, 0.2) is 28.7 Å². The lowest BCUT2D eigenvalue weighted by Gasteiger charge is -2.03. The normalized spacial score (nSPS) is 4.95. The molecule has 0 saturated carbocycles. The van der Waals surface area contributed by atoms with Crippen LogP contribution >= 0.6 is 15.9 Å². The first kappa shape index (κ1) is 87.6. The Morgan fingerprint density at radius 1 is 0.667 bits per heavy atom. The molecule has 0 spiro atoms. The molecular weight excluding hydrogens is 342 g/mol. The minimum atomic E-state index is 0. The van der Waals surface area contributed by atoms with Crippen LogP contribution in [0.1, 0.15) is 25.3 Å². The predicted molar refractivity (Wildman–Crippen MR) is 103 cm³/mol. The van der Waals surface area contributed by atoms with E-state index in [0.29, 0.717) is 5.92 Å². The highest BCUT2D eigenvalue weighted by Crippen LogP contribution is 2.18. The van der Waals surface area contributed by atoms with Crippen LogP contribution in [0.2, 0.25) is 0 Å². The molecule has 0 aliphatic rings. The zero-order chi connectivity index (χ0) is 7.56. The zero-order valence-electron chi connectivity index (χ0n) is 14.0. The molecule has 21 heavy (non-hydrogen) atoms. The van der Waals surface area contributed by atoms with E-state index in [1.807, 2.05) is 6.07 Å². The molecular formula is C9H44BrN11. The molecule has 0 saturated heterocycles. The van der Waals surface area contributed by atoms with E-state index >= 15 is 0 Å². The fourth-order valence-corrected chi connectivity index (χ4v) is 1.28. The van der Waals surface area contributed by atoms with E-state index in [1.54, 1.807) is 0 Å². The van der Waals surface area contributed by atoms with Crippen LogP contribution in [-0.2, 0) is 0 Å². The maximum Gasteiger partial charge on any atom is 0.0178 e. The van der Waals surface area contributed by atoms with Crippen molar-refractivity contribution in [2.75, 3.05) is 0 Å². The Labute approximate surface area is 138 Å². The molecule has 12 heteroatoms. The highest BCUT2D eigenvalue weighted by molar-refractivity contribution is 9.10. The van der Waals surface area contributed by atoms with Crippen LogP contribution in [-0.4, -0.2) is 0 Å². The molecule has 0 fully saturated rings. The molecule has 0 unspecified atom stereocenters. The van der Waals surface area contributed by atoms with Crippen molar-refractivity contribution in [2.24, 2.45) is 0 Å². The second kappa shape index (κ2) is 42.7. The monoisotopic (exact) mass is 385 g/mol. The van der Waals surface area contributed by atoms with Crippen molar-refractivity contribution < 1.29 is 0 Å². The Balaban J connectivity index is -0.0000000101. The quantitative estimate of drug-likeness (QED) is 0.291. The summed E-state index contributed by atoms with van der Waals surface area (Å²) in [6.45, 7) is 4.39. The van der Waals surface area contributed by atoms with Crippen LogP contribution in [0, 0.1) is 0 Å². The first-order valence-corrected chi connectivity index (χ1v) is 4.25. The van der Waals surface area contributed by atoms with Crippen molar-refractivity contribution in [1.29, 1.82) is 0 Å². The van der Waals surface area contributed by atoms with Crippen LogP contribution < -0.4 is 67.7 Å². The number of halogens is 1. The topological polar surface area (TPSA) is 385 Å². The molecule has 33 N–H and O–H groups in total. The summed E-state index contributed by atoms with van der Waals surface area (Å²) < 4.78 is 1.17. The van der Waals surface area contributed by atoms with Crippen LogP contribution in [0.5, 0.6) is 0 Å². The Morgan fingerprint density at radius 3 is 1.19 bits per heavy atom. The summed E-state index contributed by atoms with van der Waals surface area (Å²) in [4.78, 5) is 0. The highest BCUT2D eigenvalue weighted by Gasteiger charge is 1.96. The van der Waals surface area contributed by atoms with Gasteiger partial charge in [0.2, 0.25) is 0 Å². The van der Waals surface area contributed by atoms with Gasteiger partial charge in [0.15, 0.2) is 0 Å². The van der Waals surface area contributed by atoms with E-state index in [9.17, 15) is 0 Å². The van der Waals surface area contributed by atoms with Crippen LogP contribution in [0.3, 0.4) is 0 Å². The molecule has 1 rings (SSSR count). The molecule has 0 radical (unpaired) electrons. The molecule has 142 valence electrons. The van der Waals surface area contributed by atoms with Gasteiger partial charge in [-0.1, -0.05) is 41.9 Å². The Bertz CT molecular complexity index is 237. The molecule has 1 aromatic carbocycles. The largest absolute Gasteiger partial charge is 0.344 e. The second-order valence-electron chi connectivity index (χ2n) is 2.71. The average molecular weight is 386 g/mol. The van der Waals surface area contributed by atoms with Gasteiger partial charge in [-0.05, 0) is 23.6 Å². The summed E-state index contributed by atoms with van der Waals surface area (Å²) in [7, 11) is 0. The van der Waals surface area contributed by atoms with E-state index in [2.05, 4.69) is 48.0 Å². The van der Waals surface area contributed by atoms with Crippen LogP contribution in [0.4, 0.5) is 0 Å². The van der Waals surface area contributed by atoms with E-state index in [4.69, 9.17) is 0 Å². The van der Waals surface area contributed by atoms with E-state index in [0.717, 1.165) is 0 Å². The Kier molecular flexibility index (Phi) is 178. The summed E-state index contributed by atoms with van der Waals surface area (Å²) in [5.74, 6) is 0.623. The molecule has 0 amide bonds. The van der Waals surface area contributed by atoms with Gasteiger partial charge < -0.3 is 67.7 Å². The zero-order valence-corrected chi connectivity index (χ0v) is 15.6. The molecule has 0 heterocycles. The molecule has 11 nitrogen and oxygen atoms in total. The molecule has 0 aliphatic carbocycles. The molecule has 0 atom stereocenters. The fraction of sp³-hybridized carbons (Fsp3) is 0.333. The highest BCUT2D eigenvalue weighted by atomic mass is 79.9. The third-order valence-electron chi connectivity index (χ3n) is 1.52. The van der Waals surface area contributed by atoms with Crippen molar-refractivity contribution >= 4 is 15.9 Å². The summed E-state index contributed by atoms with van der Waals surface area (Å²) >= 11 is 3.43. The number of hydrogen-bond donors (Lipinski definition) is 11. The first-order valence-electron chi connectivity index (χ1n) is 3.45. The SMILES string of the molecule is CC(C)c1cccc(Br)c1.N.N.N.N.N.N.N.N.N.N.N. The lowest BCUT2D eigenvalue weighted by atomic mass is 10.0. The first-order chi connectivity index (χ1) is 4.70. The Morgan fingerprint density at radius 2 is 1.00 bits per heavy atom. The lowest BCUT2D eigenvalue weighted by Crippen LogP contribution is -1.84. The summed E-state index contributed by atoms with van der Waals surface area (Å²) in [6, 6.07) is 8.42. The van der Waals surface area contributed by atoms with Gasteiger partial charge in [-0.3, -0.25) is 0 Å². The van der Waals surface area contributed by atoms with Gasteiger partial charge in [0, 0.05) is 4.47 Å². The molecule has 0 aromatic heterocycles. The van der Waals surface area contributed by atoms with Gasteiger partial charge in [0.25, 0.3) is 0 Å². The third-order valence-corrected chi connectivity index (χ3v) is 2.01. The average Bonchev–Trinajstić information content (AvgIpc) is 1.88. The Hall–Kier alpha value is -0.740.